The van der Waals surface area contributed by atoms with E-state index in [1.54, 1.807) is 10.8 Å². The van der Waals surface area contributed by atoms with Gasteiger partial charge in [0, 0.05) is 45.3 Å². The van der Waals surface area contributed by atoms with Gasteiger partial charge in [0.2, 0.25) is 0 Å². The Morgan fingerprint density at radius 3 is 2.58 bits per heavy atom. The number of benzene rings is 1. The maximum Gasteiger partial charge on any atom is 0.198 e. The Bertz CT molecular complexity index is 1350. The molecule has 0 N–H and O–H groups in total. The van der Waals surface area contributed by atoms with Crippen LogP contribution in [0.4, 0.5) is 8.78 Å². The average Bonchev–Trinajstić information content (AvgIpc) is 3.19. The van der Waals surface area contributed by atoms with Crippen LogP contribution in [-0.2, 0) is 27.4 Å². The van der Waals surface area contributed by atoms with Crippen molar-refractivity contribution in [2.24, 2.45) is 5.41 Å². The number of nitriles is 1. The van der Waals surface area contributed by atoms with Crippen LogP contribution in [0.15, 0.2) is 30.6 Å². The lowest BCUT2D eigenvalue weighted by Crippen LogP contribution is -2.40. The Morgan fingerprint density at radius 2 is 1.97 bits per heavy atom. The van der Waals surface area contributed by atoms with Gasteiger partial charge in [-0.25, -0.2) is 13.8 Å². The minimum Gasteiger partial charge on any atom is -0.450 e. The van der Waals surface area contributed by atoms with E-state index in [-0.39, 0.29) is 41.2 Å². The zero-order valence-electron chi connectivity index (χ0n) is 22.3. The number of carbonyl (C=O) groups is 1. The number of hydrogen-bond donors (Lipinski definition) is 0. The van der Waals surface area contributed by atoms with Crippen LogP contribution < -0.4 is 4.74 Å². The summed E-state index contributed by atoms with van der Waals surface area (Å²) in [6.07, 6.45) is 3.99. The van der Waals surface area contributed by atoms with Gasteiger partial charge in [-0.3, -0.25) is 4.79 Å². The quantitative estimate of drug-likeness (QED) is 0.200. The van der Waals surface area contributed by atoms with Crippen molar-refractivity contribution >= 4 is 24.9 Å². The Balaban J connectivity index is 1.50. The lowest BCUT2D eigenvalue weighted by Gasteiger charge is -2.37. The molecule has 1 saturated heterocycles. The van der Waals surface area contributed by atoms with Gasteiger partial charge in [0.05, 0.1) is 24.2 Å². The molecule has 0 saturated carbocycles. The SMILES string of the molecule is CC1(CCC(=O)Cc2cc(F)c(Oc3ccnc4c3c(C#N)cn4COCC[Si](C)(C)C)c(F)c2)COC1. The first kappa shape index (κ1) is 27.9. The summed E-state index contributed by atoms with van der Waals surface area (Å²) in [5.41, 5.74) is 0.916. The fraction of sp³-hybridized carbons (Fsp3) is 0.464. The highest BCUT2D eigenvalue weighted by Gasteiger charge is 2.33. The van der Waals surface area contributed by atoms with Gasteiger partial charge in [-0.15, -0.1) is 0 Å². The van der Waals surface area contributed by atoms with Crippen LogP contribution in [0, 0.1) is 28.4 Å². The van der Waals surface area contributed by atoms with Crippen LogP contribution in [0.1, 0.15) is 30.9 Å². The molecule has 1 aliphatic heterocycles. The summed E-state index contributed by atoms with van der Waals surface area (Å²) in [4.78, 5) is 16.7. The Hall–Kier alpha value is -3.13. The first-order valence-electron chi connectivity index (χ1n) is 12.7. The van der Waals surface area contributed by atoms with Gasteiger partial charge in [0.25, 0.3) is 0 Å². The number of hydrogen-bond acceptors (Lipinski definition) is 6. The summed E-state index contributed by atoms with van der Waals surface area (Å²) < 4.78 is 48.3. The standard InChI is InChI=1S/C28H33F2N3O4Si/c1-28(16-36-17-28)7-5-21(34)11-19-12-22(29)26(23(30)13-19)37-24-6-8-32-27-25(24)20(14-31)15-33(27)18-35-9-10-38(2,3)4/h6,8,12-13,15H,5,7,9-11,16-18H2,1-4H3. The molecule has 3 heterocycles. The average molecular weight is 542 g/mol. The molecule has 1 aromatic carbocycles. The van der Waals surface area contributed by atoms with Gasteiger partial charge >= 0.3 is 0 Å². The maximum absolute atomic E-state index is 15.0. The minimum absolute atomic E-state index is 0.00106. The summed E-state index contributed by atoms with van der Waals surface area (Å²) in [5, 5.41) is 10.0. The van der Waals surface area contributed by atoms with E-state index in [9.17, 15) is 18.8 Å². The van der Waals surface area contributed by atoms with Crippen molar-refractivity contribution in [3.8, 4) is 17.6 Å². The topological polar surface area (TPSA) is 86.4 Å². The Kier molecular flexibility index (Phi) is 8.30. The first-order chi connectivity index (χ1) is 18.0. The van der Waals surface area contributed by atoms with Gasteiger partial charge in [0.1, 0.15) is 30.0 Å². The largest absolute Gasteiger partial charge is 0.450 e. The minimum atomic E-state index is -1.25. The zero-order chi connectivity index (χ0) is 27.5. The molecule has 0 amide bonds. The highest BCUT2D eigenvalue weighted by atomic mass is 28.3. The number of aromatic nitrogens is 2. The Morgan fingerprint density at radius 1 is 1.26 bits per heavy atom. The molecule has 0 bridgehead atoms. The second-order valence-corrected chi connectivity index (χ2v) is 17.1. The van der Waals surface area contributed by atoms with Crippen LogP contribution in [0.5, 0.6) is 11.5 Å². The summed E-state index contributed by atoms with van der Waals surface area (Å²) in [6, 6.07) is 6.79. The summed E-state index contributed by atoms with van der Waals surface area (Å²) in [6.45, 7) is 10.9. The molecule has 0 radical (unpaired) electrons. The van der Waals surface area contributed by atoms with Crippen LogP contribution in [0.25, 0.3) is 11.0 Å². The number of carbonyl (C=O) groups excluding carboxylic acids is 1. The predicted molar refractivity (Wildman–Crippen MR) is 142 cm³/mol. The fourth-order valence-corrected chi connectivity index (χ4v) is 5.03. The van der Waals surface area contributed by atoms with Gasteiger partial charge in [-0.05, 0) is 36.2 Å². The molecule has 0 unspecified atom stereocenters. The summed E-state index contributed by atoms with van der Waals surface area (Å²) >= 11 is 0. The van der Waals surface area contributed by atoms with Crippen LogP contribution >= 0.6 is 0 Å². The third-order valence-electron chi connectivity index (χ3n) is 6.65. The van der Waals surface area contributed by atoms with Crippen molar-refractivity contribution in [1.82, 2.24) is 9.55 Å². The number of fused-ring (bicyclic) bond motifs is 1. The lowest BCUT2D eigenvalue weighted by molar-refractivity contribution is -0.125. The van der Waals surface area contributed by atoms with Gasteiger partial charge in [-0.2, -0.15) is 5.26 Å². The zero-order valence-corrected chi connectivity index (χ0v) is 23.3. The number of rotatable bonds is 12. The number of ether oxygens (including phenoxy) is 3. The smallest absolute Gasteiger partial charge is 0.198 e. The third-order valence-corrected chi connectivity index (χ3v) is 8.35. The molecule has 38 heavy (non-hydrogen) atoms. The number of Topliss-reactive ketones (excluding diaryl/α,β-unsaturated/α-hetero) is 1. The lowest BCUT2D eigenvalue weighted by atomic mass is 9.82. The molecule has 4 rings (SSSR count). The normalized spacial score (nSPS) is 14.8. The van der Waals surface area contributed by atoms with Crippen molar-refractivity contribution in [2.75, 3.05) is 19.8 Å². The molecular formula is C28H33F2N3O4Si. The molecule has 3 aromatic rings. The fourth-order valence-electron chi connectivity index (χ4n) is 4.27. The van der Waals surface area contributed by atoms with E-state index in [0.29, 0.717) is 43.7 Å². The highest BCUT2D eigenvalue weighted by molar-refractivity contribution is 6.76. The number of halogens is 2. The molecule has 202 valence electrons. The summed E-state index contributed by atoms with van der Waals surface area (Å²) in [5.74, 6) is -2.44. The first-order valence-corrected chi connectivity index (χ1v) is 16.4. The second kappa shape index (κ2) is 11.3. The van der Waals surface area contributed by atoms with Crippen LogP contribution in [-0.4, -0.2) is 43.2 Å². The third kappa shape index (κ3) is 6.65. The molecule has 7 nitrogen and oxygen atoms in total. The van der Waals surface area contributed by atoms with Gasteiger partial charge in [0.15, 0.2) is 17.4 Å². The van der Waals surface area contributed by atoms with E-state index >= 15 is 0 Å². The molecule has 0 aliphatic carbocycles. The number of nitrogens with zero attached hydrogens (tertiary/aromatic N) is 3. The molecule has 1 fully saturated rings. The van der Waals surface area contributed by atoms with Crippen LogP contribution in [0.3, 0.4) is 0 Å². The second-order valence-electron chi connectivity index (χ2n) is 11.5. The monoisotopic (exact) mass is 541 g/mol. The highest BCUT2D eigenvalue weighted by Crippen LogP contribution is 2.36. The van der Waals surface area contributed by atoms with E-state index in [1.165, 1.54) is 12.3 Å². The predicted octanol–water partition coefficient (Wildman–Crippen LogP) is 6.22. The van der Waals surface area contributed by atoms with Crippen molar-refractivity contribution < 1.29 is 27.8 Å². The van der Waals surface area contributed by atoms with Crippen molar-refractivity contribution in [2.45, 2.75) is 58.6 Å². The van der Waals surface area contributed by atoms with E-state index in [0.717, 1.165) is 18.2 Å². The maximum atomic E-state index is 15.0. The van der Waals surface area contributed by atoms with E-state index in [2.05, 4.69) is 37.6 Å². The van der Waals surface area contributed by atoms with E-state index < -0.39 is 25.5 Å². The Labute approximate surface area is 222 Å². The molecular weight excluding hydrogens is 508 g/mol. The molecule has 1 aliphatic rings. The molecule has 10 heteroatoms. The molecule has 0 spiro atoms. The summed E-state index contributed by atoms with van der Waals surface area (Å²) in [7, 11) is -1.25. The van der Waals surface area contributed by atoms with Crippen molar-refractivity contribution in [3.05, 3.63) is 53.4 Å². The van der Waals surface area contributed by atoms with Gasteiger partial charge in [-0.1, -0.05) is 26.6 Å². The van der Waals surface area contributed by atoms with Gasteiger partial charge < -0.3 is 18.8 Å². The number of pyridine rings is 1. The van der Waals surface area contributed by atoms with Crippen LogP contribution in [0.2, 0.25) is 25.7 Å². The van der Waals surface area contributed by atoms with E-state index in [1.807, 2.05) is 0 Å². The molecule has 2 aromatic heterocycles. The van der Waals surface area contributed by atoms with E-state index in [4.69, 9.17) is 14.2 Å². The van der Waals surface area contributed by atoms with Crippen molar-refractivity contribution in [1.29, 1.82) is 5.26 Å². The number of ketones is 1. The molecule has 0 atom stereocenters. The van der Waals surface area contributed by atoms with Crippen molar-refractivity contribution in [3.63, 3.8) is 0 Å².